The summed E-state index contributed by atoms with van der Waals surface area (Å²) in [5.74, 6) is -1.03. The molecule has 0 bridgehead atoms. The minimum atomic E-state index is -0.759. The molecule has 3 rings (SSSR count). The summed E-state index contributed by atoms with van der Waals surface area (Å²) in [5, 5.41) is 12.4. The van der Waals surface area contributed by atoms with Gasteiger partial charge in [0, 0.05) is 25.0 Å². The Hall–Kier alpha value is -1.88. The summed E-state index contributed by atoms with van der Waals surface area (Å²) in [6.45, 7) is 4.05. The minimum Gasteiger partial charge on any atom is -0.481 e. The first-order valence-electron chi connectivity index (χ1n) is 9.77. The van der Waals surface area contributed by atoms with E-state index in [1.165, 1.54) is 24.8 Å². The maximum Gasteiger partial charge on any atom is 0.308 e. The molecule has 26 heavy (non-hydrogen) atoms. The Morgan fingerprint density at radius 1 is 1.15 bits per heavy atom. The van der Waals surface area contributed by atoms with Crippen LogP contribution < -0.4 is 5.32 Å². The molecular weight excluding hydrogens is 328 g/mol. The molecule has 1 saturated carbocycles. The van der Waals surface area contributed by atoms with Crippen molar-refractivity contribution in [3.63, 3.8) is 0 Å². The highest BCUT2D eigenvalue weighted by molar-refractivity contribution is 5.78. The number of carbonyl (C=O) groups is 2. The molecule has 1 amide bonds. The van der Waals surface area contributed by atoms with E-state index >= 15 is 0 Å². The van der Waals surface area contributed by atoms with Crippen molar-refractivity contribution in [1.82, 2.24) is 10.2 Å². The van der Waals surface area contributed by atoms with Gasteiger partial charge in [0.15, 0.2) is 0 Å². The van der Waals surface area contributed by atoms with E-state index in [1.54, 1.807) is 0 Å². The third-order valence-corrected chi connectivity index (χ3v) is 6.19. The number of hydrogen-bond acceptors (Lipinski definition) is 3. The van der Waals surface area contributed by atoms with Crippen molar-refractivity contribution in [3.8, 4) is 0 Å². The summed E-state index contributed by atoms with van der Waals surface area (Å²) in [7, 11) is 0. The van der Waals surface area contributed by atoms with Crippen LogP contribution in [0.4, 0.5) is 0 Å². The second-order valence-electron chi connectivity index (χ2n) is 8.10. The van der Waals surface area contributed by atoms with Crippen LogP contribution >= 0.6 is 0 Å². The van der Waals surface area contributed by atoms with E-state index in [9.17, 15) is 14.7 Å². The smallest absolute Gasteiger partial charge is 0.308 e. The largest absolute Gasteiger partial charge is 0.481 e. The number of carboxylic acids is 1. The van der Waals surface area contributed by atoms with E-state index < -0.39 is 5.97 Å². The summed E-state index contributed by atoms with van der Waals surface area (Å²) >= 11 is 0. The maximum atomic E-state index is 12.5. The maximum absolute atomic E-state index is 12.5. The fourth-order valence-corrected chi connectivity index (χ4v) is 4.63. The van der Waals surface area contributed by atoms with Gasteiger partial charge in [0.1, 0.15) is 0 Å². The van der Waals surface area contributed by atoms with Crippen LogP contribution in [0, 0.1) is 11.8 Å². The fraction of sp³-hybridized carbons (Fsp3) is 0.619. The Labute approximate surface area is 155 Å². The SMILES string of the molecule is C[C@@H]1CN(CC(=O)NCC2(c3ccccc3)CCCCC2)C[C@H]1C(=O)O. The zero-order chi connectivity index (χ0) is 18.6. The molecule has 1 saturated heterocycles. The minimum absolute atomic E-state index is 0.00381. The number of likely N-dealkylation sites (tertiary alicyclic amines) is 1. The van der Waals surface area contributed by atoms with Crippen LogP contribution in [0.1, 0.15) is 44.6 Å². The molecule has 1 aromatic carbocycles. The van der Waals surface area contributed by atoms with E-state index in [-0.39, 0.29) is 23.2 Å². The zero-order valence-corrected chi connectivity index (χ0v) is 15.6. The highest BCUT2D eigenvalue weighted by Crippen LogP contribution is 2.38. The topological polar surface area (TPSA) is 69.6 Å². The van der Waals surface area contributed by atoms with E-state index in [0.29, 0.717) is 26.2 Å². The van der Waals surface area contributed by atoms with Crippen LogP contribution in [-0.4, -0.2) is 48.1 Å². The highest BCUT2D eigenvalue weighted by atomic mass is 16.4. The van der Waals surface area contributed by atoms with Crippen LogP contribution in [0.25, 0.3) is 0 Å². The molecule has 2 fully saturated rings. The van der Waals surface area contributed by atoms with Crippen LogP contribution in [0.5, 0.6) is 0 Å². The number of aliphatic carboxylic acids is 1. The number of carbonyl (C=O) groups excluding carboxylic acids is 1. The Morgan fingerprint density at radius 2 is 1.85 bits per heavy atom. The number of nitrogens with one attached hydrogen (secondary N) is 1. The quantitative estimate of drug-likeness (QED) is 0.820. The van der Waals surface area contributed by atoms with Crippen LogP contribution in [0.3, 0.4) is 0 Å². The molecule has 2 N–H and O–H groups in total. The number of benzene rings is 1. The van der Waals surface area contributed by atoms with Gasteiger partial charge >= 0.3 is 5.97 Å². The Kier molecular flexibility index (Phi) is 5.97. The molecule has 0 aromatic heterocycles. The molecule has 0 radical (unpaired) electrons. The second kappa shape index (κ2) is 8.21. The summed E-state index contributed by atoms with van der Waals surface area (Å²) in [6, 6.07) is 10.5. The lowest BCUT2D eigenvalue weighted by Crippen LogP contribution is -2.45. The van der Waals surface area contributed by atoms with E-state index in [0.717, 1.165) is 12.8 Å². The molecule has 142 valence electrons. The molecule has 1 aliphatic heterocycles. The molecule has 2 aliphatic rings. The molecule has 5 heteroatoms. The van der Waals surface area contributed by atoms with Crippen molar-refractivity contribution in [2.75, 3.05) is 26.2 Å². The predicted molar refractivity (Wildman–Crippen MR) is 101 cm³/mol. The van der Waals surface area contributed by atoms with E-state index in [4.69, 9.17) is 0 Å². The first-order valence-corrected chi connectivity index (χ1v) is 9.77. The molecule has 2 atom stereocenters. The van der Waals surface area contributed by atoms with Gasteiger partial charge in [-0.2, -0.15) is 0 Å². The normalized spacial score (nSPS) is 25.7. The Balaban J connectivity index is 1.58. The average Bonchev–Trinajstić information content (AvgIpc) is 3.02. The van der Waals surface area contributed by atoms with Crippen molar-refractivity contribution in [2.45, 2.75) is 44.4 Å². The molecule has 0 unspecified atom stereocenters. The summed E-state index contributed by atoms with van der Waals surface area (Å²) < 4.78 is 0. The van der Waals surface area contributed by atoms with Gasteiger partial charge in [-0.1, -0.05) is 56.5 Å². The van der Waals surface area contributed by atoms with Crippen molar-refractivity contribution < 1.29 is 14.7 Å². The van der Waals surface area contributed by atoms with Crippen molar-refractivity contribution in [1.29, 1.82) is 0 Å². The molecule has 0 spiro atoms. The lowest BCUT2D eigenvalue weighted by molar-refractivity contribution is -0.142. The van der Waals surface area contributed by atoms with Crippen LogP contribution in [0.2, 0.25) is 0 Å². The van der Waals surface area contributed by atoms with E-state index in [1.807, 2.05) is 17.9 Å². The molecule has 1 aliphatic carbocycles. The number of hydrogen-bond donors (Lipinski definition) is 2. The highest BCUT2D eigenvalue weighted by Gasteiger charge is 2.36. The van der Waals surface area contributed by atoms with Gasteiger partial charge < -0.3 is 10.4 Å². The summed E-state index contributed by atoms with van der Waals surface area (Å²) in [6.07, 6.45) is 5.90. The first-order chi connectivity index (χ1) is 12.5. The molecular formula is C21H30N2O3. The van der Waals surface area contributed by atoms with Gasteiger partial charge in [-0.05, 0) is 24.3 Å². The van der Waals surface area contributed by atoms with Crippen molar-refractivity contribution in [3.05, 3.63) is 35.9 Å². The van der Waals surface area contributed by atoms with Gasteiger partial charge in [-0.15, -0.1) is 0 Å². The Morgan fingerprint density at radius 3 is 2.46 bits per heavy atom. The molecule has 1 aromatic rings. The average molecular weight is 358 g/mol. The van der Waals surface area contributed by atoms with Crippen LogP contribution in [-0.2, 0) is 15.0 Å². The third kappa shape index (κ3) is 4.26. The number of carboxylic acid groups (broad SMARTS) is 1. The van der Waals surface area contributed by atoms with Crippen molar-refractivity contribution in [2.24, 2.45) is 11.8 Å². The third-order valence-electron chi connectivity index (χ3n) is 6.19. The summed E-state index contributed by atoms with van der Waals surface area (Å²) in [5.41, 5.74) is 1.36. The lowest BCUT2D eigenvalue weighted by atomic mass is 9.69. The standard InChI is InChI=1S/C21H30N2O3/c1-16-12-23(13-18(16)20(25)26)14-19(24)22-15-21(10-6-3-7-11-21)17-8-4-2-5-9-17/h2,4-5,8-9,16,18H,3,6-7,10-15H2,1H3,(H,22,24)(H,25,26)/t16-,18-/m1/s1. The Bertz CT molecular complexity index is 625. The van der Waals surface area contributed by atoms with Crippen molar-refractivity contribution >= 4 is 11.9 Å². The number of rotatable bonds is 6. The van der Waals surface area contributed by atoms with Gasteiger partial charge in [0.05, 0.1) is 12.5 Å². The molecule has 5 nitrogen and oxygen atoms in total. The monoisotopic (exact) mass is 358 g/mol. The number of nitrogens with zero attached hydrogens (tertiary/aromatic N) is 1. The lowest BCUT2D eigenvalue weighted by Gasteiger charge is -2.38. The fourth-order valence-electron chi connectivity index (χ4n) is 4.63. The number of amides is 1. The predicted octanol–water partition coefficient (Wildman–Crippen LogP) is 2.66. The van der Waals surface area contributed by atoms with Crippen LogP contribution in [0.15, 0.2) is 30.3 Å². The zero-order valence-electron chi connectivity index (χ0n) is 15.6. The molecule has 1 heterocycles. The van der Waals surface area contributed by atoms with Gasteiger partial charge in [-0.3, -0.25) is 14.5 Å². The summed E-state index contributed by atoms with van der Waals surface area (Å²) in [4.78, 5) is 25.7. The first kappa shape index (κ1) is 18.9. The second-order valence-corrected chi connectivity index (χ2v) is 8.10. The van der Waals surface area contributed by atoms with Gasteiger partial charge in [0.2, 0.25) is 5.91 Å². The van der Waals surface area contributed by atoms with E-state index in [2.05, 4.69) is 29.6 Å². The van der Waals surface area contributed by atoms with Gasteiger partial charge in [0.25, 0.3) is 0 Å². The van der Waals surface area contributed by atoms with Gasteiger partial charge in [-0.25, -0.2) is 0 Å².